The van der Waals surface area contributed by atoms with Gasteiger partial charge in [-0.15, -0.1) is 0 Å². The minimum Gasteiger partial charge on any atom is -0.0738 e. The van der Waals surface area contributed by atoms with Gasteiger partial charge in [-0.05, 0) is 44.9 Å². The molecule has 0 heterocycles. The minimum absolute atomic E-state index is 0.539. The second-order valence-electron chi connectivity index (χ2n) is 5.28. The molecular formula is C14H26. The van der Waals surface area contributed by atoms with E-state index in [1.165, 1.54) is 44.9 Å². The number of rotatable bonds is 4. The maximum atomic E-state index is 2.47. The van der Waals surface area contributed by atoms with E-state index < -0.39 is 0 Å². The molecule has 0 saturated heterocycles. The van der Waals surface area contributed by atoms with Gasteiger partial charge in [0.2, 0.25) is 0 Å². The summed E-state index contributed by atoms with van der Waals surface area (Å²) in [5, 5.41) is 0. The van der Waals surface area contributed by atoms with Gasteiger partial charge in [-0.1, -0.05) is 44.3 Å². The third kappa shape index (κ3) is 2.62. The van der Waals surface area contributed by atoms with Crippen LogP contribution in [-0.2, 0) is 0 Å². The highest BCUT2D eigenvalue weighted by Crippen LogP contribution is 2.43. The number of unbranched alkanes of at least 4 members (excludes halogenated alkanes) is 2. The van der Waals surface area contributed by atoms with Crippen LogP contribution in [0.15, 0.2) is 11.1 Å². The lowest BCUT2D eigenvalue weighted by Crippen LogP contribution is -2.22. The van der Waals surface area contributed by atoms with Crippen LogP contribution in [0.25, 0.3) is 0 Å². The number of hydrogen-bond acceptors (Lipinski definition) is 0. The Balaban J connectivity index is 2.58. The van der Waals surface area contributed by atoms with Crippen molar-refractivity contribution >= 4 is 0 Å². The highest BCUT2D eigenvalue weighted by atomic mass is 14.3. The predicted molar refractivity (Wildman–Crippen MR) is 64.5 cm³/mol. The van der Waals surface area contributed by atoms with Crippen LogP contribution in [-0.4, -0.2) is 0 Å². The molecular weight excluding hydrogens is 168 g/mol. The van der Waals surface area contributed by atoms with Gasteiger partial charge in [0.15, 0.2) is 0 Å². The minimum atomic E-state index is 0.539. The zero-order valence-electron chi connectivity index (χ0n) is 10.4. The van der Waals surface area contributed by atoms with Crippen molar-refractivity contribution in [1.29, 1.82) is 0 Å². The van der Waals surface area contributed by atoms with Gasteiger partial charge in [0, 0.05) is 0 Å². The van der Waals surface area contributed by atoms with E-state index in [1.54, 1.807) is 11.1 Å². The Labute approximate surface area is 89.8 Å². The Morgan fingerprint density at radius 2 is 1.93 bits per heavy atom. The lowest BCUT2D eigenvalue weighted by atomic mass is 9.69. The van der Waals surface area contributed by atoms with E-state index in [2.05, 4.69) is 27.7 Å². The zero-order valence-corrected chi connectivity index (χ0v) is 10.4. The molecule has 1 atom stereocenters. The van der Waals surface area contributed by atoms with Gasteiger partial charge in [-0.25, -0.2) is 0 Å². The lowest BCUT2D eigenvalue weighted by molar-refractivity contribution is 0.294. The summed E-state index contributed by atoms with van der Waals surface area (Å²) in [6, 6.07) is 0. The van der Waals surface area contributed by atoms with Crippen LogP contribution in [0.2, 0.25) is 0 Å². The van der Waals surface area contributed by atoms with Gasteiger partial charge in [0.1, 0.15) is 0 Å². The molecule has 0 bridgehead atoms. The standard InChI is InChI=1S/C14H26/c1-5-6-7-10-14(4)11-8-9-12(2)13(14)3/h5-11H2,1-4H3. The molecule has 0 nitrogen and oxygen atoms in total. The van der Waals surface area contributed by atoms with Gasteiger partial charge in [0.25, 0.3) is 0 Å². The van der Waals surface area contributed by atoms with Crippen LogP contribution < -0.4 is 0 Å². The van der Waals surface area contributed by atoms with E-state index in [1.807, 2.05) is 0 Å². The van der Waals surface area contributed by atoms with Crippen molar-refractivity contribution in [2.75, 3.05) is 0 Å². The van der Waals surface area contributed by atoms with Crippen molar-refractivity contribution in [1.82, 2.24) is 0 Å². The van der Waals surface area contributed by atoms with E-state index in [9.17, 15) is 0 Å². The molecule has 0 aliphatic heterocycles. The Morgan fingerprint density at radius 3 is 2.57 bits per heavy atom. The molecule has 0 fully saturated rings. The molecule has 0 aromatic heterocycles. The Bertz CT molecular complexity index is 212. The van der Waals surface area contributed by atoms with Gasteiger partial charge < -0.3 is 0 Å². The first kappa shape index (κ1) is 11.8. The van der Waals surface area contributed by atoms with Crippen molar-refractivity contribution < 1.29 is 0 Å². The van der Waals surface area contributed by atoms with Crippen LogP contribution in [0, 0.1) is 5.41 Å². The first-order valence-electron chi connectivity index (χ1n) is 6.27. The van der Waals surface area contributed by atoms with Crippen molar-refractivity contribution in [2.24, 2.45) is 5.41 Å². The summed E-state index contributed by atoms with van der Waals surface area (Å²) in [7, 11) is 0. The SMILES string of the molecule is CCCCCC1(C)CCCC(C)=C1C. The topological polar surface area (TPSA) is 0 Å². The molecule has 1 rings (SSSR count). The monoisotopic (exact) mass is 194 g/mol. The third-order valence-corrected chi connectivity index (χ3v) is 4.16. The maximum absolute atomic E-state index is 2.47. The highest BCUT2D eigenvalue weighted by molar-refractivity contribution is 5.20. The third-order valence-electron chi connectivity index (χ3n) is 4.16. The smallest absolute Gasteiger partial charge is 0.0116 e. The highest BCUT2D eigenvalue weighted by Gasteiger charge is 2.29. The first-order valence-corrected chi connectivity index (χ1v) is 6.27. The Kier molecular flexibility index (Phi) is 4.22. The van der Waals surface area contributed by atoms with Gasteiger partial charge in [0.05, 0.1) is 0 Å². The molecule has 1 aliphatic carbocycles. The van der Waals surface area contributed by atoms with E-state index in [0.29, 0.717) is 5.41 Å². The maximum Gasteiger partial charge on any atom is -0.0116 e. The van der Waals surface area contributed by atoms with Crippen LogP contribution in [0.5, 0.6) is 0 Å². The number of allylic oxidation sites excluding steroid dienone is 2. The van der Waals surface area contributed by atoms with Crippen molar-refractivity contribution in [3.05, 3.63) is 11.1 Å². The second-order valence-corrected chi connectivity index (χ2v) is 5.28. The molecule has 0 amide bonds. The fourth-order valence-corrected chi connectivity index (χ4v) is 2.71. The summed E-state index contributed by atoms with van der Waals surface area (Å²) < 4.78 is 0. The van der Waals surface area contributed by atoms with Crippen LogP contribution in [0.1, 0.15) is 72.6 Å². The largest absolute Gasteiger partial charge is 0.0738 e. The number of hydrogen-bond donors (Lipinski definition) is 0. The molecule has 0 spiro atoms. The molecule has 0 saturated carbocycles. The van der Waals surface area contributed by atoms with E-state index in [0.717, 1.165) is 0 Å². The summed E-state index contributed by atoms with van der Waals surface area (Å²) in [4.78, 5) is 0. The molecule has 1 unspecified atom stereocenters. The molecule has 82 valence electrons. The molecule has 1 aliphatic rings. The quantitative estimate of drug-likeness (QED) is 0.432. The van der Waals surface area contributed by atoms with E-state index in [-0.39, 0.29) is 0 Å². The molecule has 0 radical (unpaired) electrons. The zero-order chi connectivity index (χ0) is 10.6. The fourth-order valence-electron chi connectivity index (χ4n) is 2.71. The van der Waals surface area contributed by atoms with Crippen molar-refractivity contribution in [3.63, 3.8) is 0 Å². The van der Waals surface area contributed by atoms with E-state index in [4.69, 9.17) is 0 Å². The van der Waals surface area contributed by atoms with Crippen molar-refractivity contribution in [2.45, 2.75) is 72.6 Å². The molecule has 0 aromatic rings. The average molecular weight is 194 g/mol. The van der Waals surface area contributed by atoms with Crippen LogP contribution in [0.4, 0.5) is 0 Å². The molecule has 14 heavy (non-hydrogen) atoms. The lowest BCUT2D eigenvalue weighted by Gasteiger charge is -2.36. The summed E-state index contributed by atoms with van der Waals surface area (Å²) >= 11 is 0. The fraction of sp³-hybridized carbons (Fsp3) is 0.857. The van der Waals surface area contributed by atoms with Gasteiger partial charge >= 0.3 is 0 Å². The Hall–Kier alpha value is -0.260. The second kappa shape index (κ2) is 5.00. The summed E-state index contributed by atoms with van der Waals surface area (Å²) in [6.07, 6.45) is 9.74. The molecule has 0 N–H and O–H groups in total. The van der Waals surface area contributed by atoms with Crippen LogP contribution >= 0.6 is 0 Å². The first-order chi connectivity index (χ1) is 6.60. The summed E-state index contributed by atoms with van der Waals surface area (Å²) in [5.41, 5.74) is 3.90. The average Bonchev–Trinajstić information content (AvgIpc) is 2.15. The predicted octanol–water partition coefficient (Wildman–Crippen LogP) is 5.09. The summed E-state index contributed by atoms with van der Waals surface area (Å²) in [5.74, 6) is 0. The van der Waals surface area contributed by atoms with Crippen molar-refractivity contribution in [3.8, 4) is 0 Å². The molecule has 0 heteroatoms. The Morgan fingerprint density at radius 1 is 1.21 bits per heavy atom. The van der Waals surface area contributed by atoms with Gasteiger partial charge in [-0.3, -0.25) is 0 Å². The van der Waals surface area contributed by atoms with Gasteiger partial charge in [-0.2, -0.15) is 0 Å². The normalized spacial score (nSPS) is 28.3. The van der Waals surface area contributed by atoms with Crippen LogP contribution in [0.3, 0.4) is 0 Å². The van der Waals surface area contributed by atoms with E-state index >= 15 is 0 Å². The summed E-state index contributed by atoms with van der Waals surface area (Å²) in [6.45, 7) is 9.45. The molecule has 0 aromatic carbocycles.